The van der Waals surface area contributed by atoms with Crippen LogP contribution in [0.3, 0.4) is 0 Å². The zero-order valence-electron chi connectivity index (χ0n) is 18.5. The fraction of sp³-hybridized carbons (Fsp3) is 0.0800. The maximum atomic E-state index is 13.1. The number of hydrogen-bond acceptors (Lipinski definition) is 5. The predicted octanol–water partition coefficient (Wildman–Crippen LogP) is 6.55. The number of nitrogens with one attached hydrogen (secondary N) is 1. The van der Waals surface area contributed by atoms with Crippen LogP contribution in [0.25, 0.3) is 6.08 Å². The summed E-state index contributed by atoms with van der Waals surface area (Å²) >= 11 is 24.5. The fourth-order valence-corrected chi connectivity index (χ4v) is 4.26. The molecule has 3 aromatic carbocycles. The summed E-state index contributed by atoms with van der Waals surface area (Å²) in [5, 5.41) is 3.68. The highest BCUT2D eigenvalue weighted by molar-refractivity contribution is 6.39. The van der Waals surface area contributed by atoms with Crippen LogP contribution in [0.4, 0.5) is 10.5 Å². The second kappa shape index (κ2) is 10.8. The van der Waals surface area contributed by atoms with Crippen LogP contribution >= 0.6 is 46.4 Å². The second-order valence-corrected chi connectivity index (χ2v) is 9.18. The Kier molecular flexibility index (Phi) is 7.76. The number of amides is 4. The third-order valence-corrected chi connectivity index (χ3v) is 6.26. The smallest absolute Gasteiger partial charge is 0.335 e. The number of ether oxygens (including phenoxy) is 2. The Labute approximate surface area is 226 Å². The average molecular weight is 566 g/mol. The fourth-order valence-electron chi connectivity index (χ4n) is 3.40. The third-order valence-electron chi connectivity index (χ3n) is 5.14. The Balaban J connectivity index is 1.64. The summed E-state index contributed by atoms with van der Waals surface area (Å²) in [4.78, 5) is 38.8. The number of methoxy groups -OCH3 is 1. The van der Waals surface area contributed by atoms with Gasteiger partial charge in [0.2, 0.25) is 0 Å². The zero-order chi connectivity index (χ0) is 26.0. The van der Waals surface area contributed by atoms with Crippen molar-refractivity contribution < 1.29 is 23.9 Å². The maximum absolute atomic E-state index is 13.1. The van der Waals surface area contributed by atoms with E-state index in [0.717, 1.165) is 4.90 Å². The summed E-state index contributed by atoms with van der Waals surface area (Å²) in [5.74, 6) is -1.15. The summed E-state index contributed by atoms with van der Waals surface area (Å²) in [7, 11) is 1.42. The van der Waals surface area contributed by atoms with Crippen molar-refractivity contribution in [1.82, 2.24) is 5.32 Å². The minimum Gasteiger partial charge on any atom is -0.493 e. The Morgan fingerprint density at radius 1 is 0.889 bits per heavy atom. The molecule has 0 saturated carbocycles. The van der Waals surface area contributed by atoms with Gasteiger partial charge in [-0.25, -0.2) is 9.69 Å². The Hall–Kier alpha value is -3.23. The number of rotatable bonds is 6. The van der Waals surface area contributed by atoms with E-state index in [4.69, 9.17) is 55.9 Å². The van der Waals surface area contributed by atoms with Gasteiger partial charge in [-0.05, 0) is 60.2 Å². The van der Waals surface area contributed by atoms with Crippen LogP contribution in [0, 0.1) is 0 Å². The number of barbiturate groups is 1. The number of anilines is 1. The van der Waals surface area contributed by atoms with Crippen molar-refractivity contribution in [2.75, 3.05) is 12.0 Å². The third kappa shape index (κ3) is 5.44. The van der Waals surface area contributed by atoms with Gasteiger partial charge in [0.1, 0.15) is 12.2 Å². The lowest BCUT2D eigenvalue weighted by atomic mass is 10.1. The van der Waals surface area contributed by atoms with Crippen LogP contribution in [0.2, 0.25) is 20.1 Å². The van der Waals surface area contributed by atoms with Crippen LogP contribution in [0.15, 0.2) is 60.2 Å². The topological polar surface area (TPSA) is 84.9 Å². The SMILES string of the molecule is COc1cc(/C=C2\C(=O)NC(=O)N(c3ccc(Cl)cc3)C2=O)cc(Cl)c1OCc1ccc(Cl)cc1Cl. The Morgan fingerprint density at radius 3 is 2.25 bits per heavy atom. The van der Waals surface area contributed by atoms with Crippen molar-refractivity contribution in [2.24, 2.45) is 0 Å². The van der Waals surface area contributed by atoms with E-state index in [-0.39, 0.29) is 34.4 Å². The highest BCUT2D eigenvalue weighted by Crippen LogP contribution is 2.38. The van der Waals surface area contributed by atoms with Crippen LogP contribution in [0.1, 0.15) is 11.1 Å². The van der Waals surface area contributed by atoms with Gasteiger partial charge in [-0.3, -0.25) is 14.9 Å². The van der Waals surface area contributed by atoms with Crippen molar-refractivity contribution in [3.05, 3.63) is 91.4 Å². The first kappa shape index (κ1) is 25.9. The lowest BCUT2D eigenvalue weighted by Crippen LogP contribution is -2.54. The average Bonchev–Trinajstić information content (AvgIpc) is 2.83. The number of carbonyl (C=O) groups is 3. The van der Waals surface area contributed by atoms with E-state index in [0.29, 0.717) is 26.2 Å². The van der Waals surface area contributed by atoms with E-state index in [1.807, 2.05) is 0 Å². The number of hydrogen-bond donors (Lipinski definition) is 1. The van der Waals surface area contributed by atoms with Crippen molar-refractivity contribution in [3.8, 4) is 11.5 Å². The first-order valence-corrected chi connectivity index (χ1v) is 11.8. The molecule has 4 amide bonds. The van der Waals surface area contributed by atoms with Gasteiger partial charge in [0.25, 0.3) is 11.8 Å². The van der Waals surface area contributed by atoms with Crippen molar-refractivity contribution >= 4 is 76.0 Å². The molecule has 0 spiro atoms. The molecule has 0 atom stereocenters. The zero-order valence-corrected chi connectivity index (χ0v) is 21.5. The van der Waals surface area contributed by atoms with E-state index >= 15 is 0 Å². The van der Waals surface area contributed by atoms with Gasteiger partial charge in [0, 0.05) is 20.6 Å². The molecule has 36 heavy (non-hydrogen) atoms. The first-order valence-electron chi connectivity index (χ1n) is 10.3. The standard InChI is InChI=1S/C25H16Cl4N2O5/c1-35-21-10-13(9-20(29)22(21)36-12-14-2-3-16(27)11-19(14)28)8-18-23(32)30-25(34)31(24(18)33)17-6-4-15(26)5-7-17/h2-11H,12H2,1H3,(H,30,32,34)/b18-8+. The lowest BCUT2D eigenvalue weighted by molar-refractivity contribution is -0.122. The van der Waals surface area contributed by atoms with Gasteiger partial charge >= 0.3 is 6.03 Å². The number of carbonyl (C=O) groups excluding carboxylic acids is 3. The number of benzene rings is 3. The minimum atomic E-state index is -0.871. The molecule has 0 unspecified atom stereocenters. The molecule has 1 aliphatic heterocycles. The lowest BCUT2D eigenvalue weighted by Gasteiger charge is -2.26. The predicted molar refractivity (Wildman–Crippen MR) is 139 cm³/mol. The molecule has 3 aromatic rings. The van der Waals surface area contributed by atoms with E-state index in [9.17, 15) is 14.4 Å². The Bertz CT molecular complexity index is 1410. The molecular weight excluding hydrogens is 550 g/mol. The maximum Gasteiger partial charge on any atom is 0.335 e. The van der Waals surface area contributed by atoms with Crippen molar-refractivity contribution in [2.45, 2.75) is 6.61 Å². The number of imide groups is 2. The largest absolute Gasteiger partial charge is 0.493 e. The number of halogens is 4. The Morgan fingerprint density at radius 2 is 1.58 bits per heavy atom. The van der Waals surface area contributed by atoms with E-state index in [1.54, 1.807) is 24.3 Å². The quantitative estimate of drug-likeness (QED) is 0.270. The summed E-state index contributed by atoms with van der Waals surface area (Å²) in [6, 6.07) is 13.2. The monoisotopic (exact) mass is 564 g/mol. The molecule has 1 N–H and O–H groups in total. The highest BCUT2D eigenvalue weighted by atomic mass is 35.5. The molecule has 0 aliphatic carbocycles. The van der Waals surface area contributed by atoms with Crippen molar-refractivity contribution in [3.63, 3.8) is 0 Å². The van der Waals surface area contributed by atoms with Crippen LogP contribution in [-0.4, -0.2) is 25.0 Å². The van der Waals surface area contributed by atoms with Crippen LogP contribution in [-0.2, 0) is 16.2 Å². The van der Waals surface area contributed by atoms with Gasteiger partial charge in [-0.15, -0.1) is 0 Å². The first-order chi connectivity index (χ1) is 17.2. The van der Waals surface area contributed by atoms with Gasteiger partial charge < -0.3 is 9.47 Å². The van der Waals surface area contributed by atoms with Gasteiger partial charge in [0.05, 0.1) is 17.8 Å². The summed E-state index contributed by atoms with van der Waals surface area (Å²) < 4.78 is 11.2. The van der Waals surface area contributed by atoms with Crippen LogP contribution < -0.4 is 19.7 Å². The normalized spacial score (nSPS) is 14.8. The van der Waals surface area contributed by atoms with E-state index < -0.39 is 17.8 Å². The van der Waals surface area contributed by atoms with Gasteiger partial charge in [0.15, 0.2) is 11.5 Å². The molecule has 7 nitrogen and oxygen atoms in total. The van der Waals surface area contributed by atoms with Crippen molar-refractivity contribution in [1.29, 1.82) is 0 Å². The van der Waals surface area contributed by atoms with E-state index in [2.05, 4.69) is 5.32 Å². The number of nitrogens with zero attached hydrogens (tertiary/aromatic N) is 1. The van der Waals surface area contributed by atoms with E-state index in [1.165, 1.54) is 43.5 Å². The van der Waals surface area contributed by atoms with Gasteiger partial charge in [-0.2, -0.15) is 0 Å². The van der Waals surface area contributed by atoms with Gasteiger partial charge in [-0.1, -0.05) is 52.5 Å². The minimum absolute atomic E-state index is 0.0889. The molecule has 0 radical (unpaired) electrons. The molecule has 4 rings (SSSR count). The molecule has 11 heteroatoms. The molecule has 0 aromatic heterocycles. The molecule has 1 heterocycles. The second-order valence-electron chi connectivity index (χ2n) is 7.49. The van der Waals surface area contributed by atoms with Crippen LogP contribution in [0.5, 0.6) is 11.5 Å². The summed E-state index contributed by atoms with van der Waals surface area (Å²) in [6.45, 7) is 0.0889. The molecular formula is C25H16Cl4N2O5. The highest BCUT2D eigenvalue weighted by Gasteiger charge is 2.36. The molecule has 1 saturated heterocycles. The molecule has 0 bridgehead atoms. The summed E-state index contributed by atoms with van der Waals surface area (Å²) in [5.41, 5.74) is 1.03. The molecule has 1 aliphatic rings. The molecule has 184 valence electrons. The number of urea groups is 1. The summed E-state index contributed by atoms with van der Waals surface area (Å²) in [6.07, 6.45) is 1.31. The molecule has 1 fully saturated rings.